The zero-order valence-corrected chi connectivity index (χ0v) is 7.97. The number of aliphatic carboxylic acids is 1. The summed E-state index contributed by atoms with van der Waals surface area (Å²) in [6, 6.07) is 4.21. The van der Waals surface area contributed by atoms with Crippen molar-refractivity contribution in [3.8, 4) is 11.5 Å². The molecule has 0 aliphatic heterocycles. The molecule has 0 saturated heterocycles. The van der Waals surface area contributed by atoms with Gasteiger partial charge in [0.15, 0.2) is 11.5 Å². The van der Waals surface area contributed by atoms with Gasteiger partial charge in [-0.3, -0.25) is 0 Å². The van der Waals surface area contributed by atoms with E-state index >= 15 is 0 Å². The molecular formula is C10H10O5. The maximum atomic E-state index is 10.3. The van der Waals surface area contributed by atoms with Gasteiger partial charge in [0, 0.05) is 0 Å². The highest BCUT2D eigenvalue weighted by molar-refractivity contribution is 5.89. The van der Waals surface area contributed by atoms with Gasteiger partial charge in [-0.15, -0.1) is 0 Å². The summed E-state index contributed by atoms with van der Waals surface area (Å²) >= 11 is 0. The number of hydrogen-bond acceptors (Lipinski definition) is 4. The van der Waals surface area contributed by atoms with E-state index in [2.05, 4.69) is 0 Å². The highest BCUT2D eigenvalue weighted by Gasteiger charge is 2.05. The van der Waals surface area contributed by atoms with Crippen molar-refractivity contribution in [1.29, 1.82) is 0 Å². The first-order valence-electron chi connectivity index (χ1n) is 4.05. The average Bonchev–Trinajstić information content (AvgIpc) is 2.20. The molecule has 0 spiro atoms. The van der Waals surface area contributed by atoms with Crippen molar-refractivity contribution < 1.29 is 24.9 Å². The van der Waals surface area contributed by atoms with Crippen LogP contribution in [0.1, 0.15) is 5.56 Å². The van der Waals surface area contributed by atoms with Gasteiger partial charge in [0.25, 0.3) is 0 Å². The second-order valence-corrected chi connectivity index (χ2v) is 2.77. The van der Waals surface area contributed by atoms with Gasteiger partial charge >= 0.3 is 5.97 Å². The summed E-state index contributed by atoms with van der Waals surface area (Å²) in [4.78, 5) is 10.3. The Kier molecular flexibility index (Phi) is 3.17. The quantitative estimate of drug-likeness (QED) is 0.518. The molecule has 0 radical (unpaired) electrons. The van der Waals surface area contributed by atoms with E-state index in [1.165, 1.54) is 25.3 Å². The van der Waals surface area contributed by atoms with E-state index in [1.807, 2.05) is 0 Å². The van der Waals surface area contributed by atoms with Crippen LogP contribution < -0.4 is 4.74 Å². The molecule has 0 unspecified atom stereocenters. The first kappa shape index (κ1) is 10.9. The van der Waals surface area contributed by atoms with Crippen LogP contribution >= 0.6 is 0 Å². The Morgan fingerprint density at radius 2 is 2.07 bits per heavy atom. The number of carboxylic acids is 1. The molecule has 1 aromatic rings. The Bertz CT molecular complexity index is 408. The maximum Gasteiger partial charge on any atom is 0.370 e. The maximum absolute atomic E-state index is 10.3. The van der Waals surface area contributed by atoms with Crippen LogP contribution in [0.25, 0.3) is 6.08 Å². The van der Waals surface area contributed by atoms with Gasteiger partial charge < -0.3 is 20.1 Å². The van der Waals surface area contributed by atoms with Crippen LogP contribution in [0.4, 0.5) is 0 Å². The lowest BCUT2D eigenvalue weighted by molar-refractivity contribution is -0.135. The minimum Gasteiger partial charge on any atom is -0.504 e. The van der Waals surface area contributed by atoms with Crippen LogP contribution in [0.2, 0.25) is 0 Å². The molecule has 0 heterocycles. The Hall–Kier alpha value is -2.17. The number of aromatic hydroxyl groups is 1. The van der Waals surface area contributed by atoms with E-state index < -0.39 is 11.7 Å². The topological polar surface area (TPSA) is 87.0 Å². The molecule has 0 bridgehead atoms. The second kappa shape index (κ2) is 4.36. The summed E-state index contributed by atoms with van der Waals surface area (Å²) in [6.07, 6.45) is 1.06. The summed E-state index contributed by atoms with van der Waals surface area (Å²) in [5.41, 5.74) is 0.421. The lowest BCUT2D eigenvalue weighted by Gasteiger charge is -2.03. The third kappa shape index (κ3) is 2.63. The van der Waals surface area contributed by atoms with Gasteiger partial charge in [-0.1, -0.05) is 6.07 Å². The van der Waals surface area contributed by atoms with E-state index in [0.717, 1.165) is 6.08 Å². The van der Waals surface area contributed by atoms with Crippen LogP contribution in [-0.2, 0) is 4.79 Å². The molecule has 3 N–H and O–H groups in total. The molecule has 0 amide bonds. The molecule has 0 aliphatic carbocycles. The van der Waals surface area contributed by atoms with Crippen molar-refractivity contribution >= 4 is 12.0 Å². The van der Waals surface area contributed by atoms with E-state index in [0.29, 0.717) is 5.56 Å². The summed E-state index contributed by atoms with van der Waals surface area (Å²) in [7, 11) is 1.37. The molecule has 0 fully saturated rings. The van der Waals surface area contributed by atoms with Gasteiger partial charge in [0.05, 0.1) is 7.11 Å². The summed E-state index contributed by atoms with van der Waals surface area (Å²) < 4.78 is 4.82. The van der Waals surface area contributed by atoms with Crippen LogP contribution in [0.3, 0.4) is 0 Å². The molecule has 0 saturated carbocycles. The Morgan fingerprint density at radius 3 is 2.60 bits per heavy atom. The number of rotatable bonds is 3. The molecule has 5 heteroatoms. The number of carboxylic acid groups (broad SMARTS) is 1. The zero-order valence-electron chi connectivity index (χ0n) is 7.97. The minimum atomic E-state index is -1.41. The van der Waals surface area contributed by atoms with E-state index in [1.54, 1.807) is 0 Å². The Morgan fingerprint density at radius 1 is 1.40 bits per heavy atom. The number of carbonyl (C=O) groups is 1. The number of phenolic OH excluding ortho intramolecular Hbond substituents is 1. The van der Waals surface area contributed by atoms with Crippen molar-refractivity contribution in [3.05, 3.63) is 29.5 Å². The lowest BCUT2D eigenvalue weighted by Crippen LogP contribution is -1.98. The number of ether oxygens (including phenoxy) is 1. The highest BCUT2D eigenvalue weighted by Crippen LogP contribution is 2.26. The van der Waals surface area contributed by atoms with Crippen molar-refractivity contribution in [2.45, 2.75) is 0 Å². The van der Waals surface area contributed by atoms with Crippen LogP contribution in [0.15, 0.2) is 24.0 Å². The van der Waals surface area contributed by atoms with E-state index in [9.17, 15) is 9.90 Å². The summed E-state index contributed by atoms with van der Waals surface area (Å²) in [6.45, 7) is 0. The first-order valence-corrected chi connectivity index (χ1v) is 4.05. The van der Waals surface area contributed by atoms with Crippen molar-refractivity contribution in [2.75, 3.05) is 7.11 Å². The Balaban J connectivity index is 3.07. The van der Waals surface area contributed by atoms with Gasteiger partial charge in [-0.05, 0) is 23.8 Å². The third-order valence-electron chi connectivity index (χ3n) is 1.73. The molecule has 5 nitrogen and oxygen atoms in total. The predicted octanol–water partition coefficient (Wildman–Crippen LogP) is 1.38. The third-order valence-corrected chi connectivity index (χ3v) is 1.73. The zero-order chi connectivity index (χ0) is 11.4. The lowest BCUT2D eigenvalue weighted by atomic mass is 10.2. The smallest absolute Gasteiger partial charge is 0.370 e. The minimum absolute atomic E-state index is 0.0514. The van der Waals surface area contributed by atoms with Gasteiger partial charge in [-0.25, -0.2) is 4.79 Å². The van der Waals surface area contributed by atoms with Crippen LogP contribution in [0, 0.1) is 0 Å². The van der Waals surface area contributed by atoms with E-state index in [-0.39, 0.29) is 11.5 Å². The molecule has 15 heavy (non-hydrogen) atoms. The largest absolute Gasteiger partial charge is 0.504 e. The fourth-order valence-corrected chi connectivity index (χ4v) is 1.00. The van der Waals surface area contributed by atoms with Gasteiger partial charge in [-0.2, -0.15) is 0 Å². The predicted molar refractivity (Wildman–Crippen MR) is 52.9 cm³/mol. The number of phenols is 1. The fraction of sp³-hybridized carbons (Fsp3) is 0.100. The average molecular weight is 210 g/mol. The normalized spacial score (nSPS) is 11.1. The summed E-state index contributed by atoms with van der Waals surface area (Å²) in [5.74, 6) is -2.03. The summed E-state index contributed by atoms with van der Waals surface area (Å²) in [5, 5.41) is 26.7. The molecule has 0 atom stereocenters. The Labute approximate surface area is 85.9 Å². The number of aliphatic hydroxyl groups is 1. The SMILES string of the molecule is COc1cc(C=C(O)C(=O)O)ccc1O. The number of methoxy groups -OCH3 is 1. The molecule has 80 valence electrons. The van der Waals surface area contributed by atoms with Crippen molar-refractivity contribution in [3.63, 3.8) is 0 Å². The van der Waals surface area contributed by atoms with Crippen LogP contribution in [-0.4, -0.2) is 28.4 Å². The van der Waals surface area contributed by atoms with Gasteiger partial charge in [0.1, 0.15) is 0 Å². The molecule has 1 rings (SSSR count). The van der Waals surface area contributed by atoms with Crippen molar-refractivity contribution in [2.24, 2.45) is 0 Å². The monoisotopic (exact) mass is 210 g/mol. The van der Waals surface area contributed by atoms with Gasteiger partial charge in [0.2, 0.25) is 5.76 Å². The molecule has 0 aromatic heterocycles. The van der Waals surface area contributed by atoms with Crippen molar-refractivity contribution in [1.82, 2.24) is 0 Å². The van der Waals surface area contributed by atoms with Crippen LogP contribution in [0.5, 0.6) is 11.5 Å². The number of aliphatic hydroxyl groups excluding tert-OH is 1. The molecular weight excluding hydrogens is 200 g/mol. The fourth-order valence-electron chi connectivity index (χ4n) is 1.00. The second-order valence-electron chi connectivity index (χ2n) is 2.77. The highest BCUT2D eigenvalue weighted by atomic mass is 16.5. The molecule has 1 aromatic carbocycles. The molecule has 0 aliphatic rings. The first-order chi connectivity index (χ1) is 7.04. The number of hydrogen-bond donors (Lipinski definition) is 3. The number of benzene rings is 1. The van der Waals surface area contributed by atoms with E-state index in [4.69, 9.17) is 14.9 Å². The standard InChI is InChI=1S/C10H10O5/c1-15-9-5-6(2-3-7(9)11)4-8(12)10(13)14/h2-5,11-12H,1H3,(H,13,14).